The second-order valence-corrected chi connectivity index (χ2v) is 4.05. The van der Waals surface area contributed by atoms with E-state index in [0.717, 1.165) is 19.6 Å². The summed E-state index contributed by atoms with van der Waals surface area (Å²) in [5.74, 6) is 0.265. The Morgan fingerprint density at radius 1 is 1.28 bits per heavy atom. The average molecular weight is 251 g/mol. The van der Waals surface area contributed by atoms with E-state index in [-0.39, 0.29) is 6.29 Å². The monoisotopic (exact) mass is 251 g/mol. The summed E-state index contributed by atoms with van der Waals surface area (Å²) in [4.78, 5) is 10.9. The van der Waals surface area contributed by atoms with E-state index in [4.69, 9.17) is 19.9 Å². The fraction of sp³-hybridized carbons (Fsp3) is 0.462. The Hall–Kier alpha value is -1.59. The lowest BCUT2D eigenvalue weighted by molar-refractivity contribution is -0.183. The van der Waals surface area contributed by atoms with Crippen LogP contribution in [0.2, 0.25) is 0 Å². The minimum Gasteiger partial charge on any atom is -0.493 e. The zero-order valence-electron chi connectivity index (χ0n) is 10.1. The van der Waals surface area contributed by atoms with E-state index in [1.165, 1.54) is 0 Å². The third-order valence-corrected chi connectivity index (χ3v) is 2.66. The molecule has 98 valence electrons. The van der Waals surface area contributed by atoms with Crippen LogP contribution in [0, 0.1) is 0 Å². The molecule has 0 radical (unpaired) electrons. The number of benzene rings is 1. The zero-order chi connectivity index (χ0) is 12.8. The van der Waals surface area contributed by atoms with Crippen molar-refractivity contribution in [1.29, 1.82) is 0 Å². The van der Waals surface area contributed by atoms with Crippen LogP contribution in [0.5, 0.6) is 5.75 Å². The number of primary amides is 1. The van der Waals surface area contributed by atoms with Crippen LogP contribution < -0.4 is 10.5 Å². The maximum atomic E-state index is 10.9. The van der Waals surface area contributed by atoms with Crippen molar-refractivity contribution in [2.75, 3.05) is 19.8 Å². The van der Waals surface area contributed by atoms with Crippen molar-refractivity contribution in [2.45, 2.75) is 19.1 Å². The fourth-order valence-corrected chi connectivity index (χ4v) is 1.69. The molecular weight excluding hydrogens is 234 g/mol. The van der Waals surface area contributed by atoms with Gasteiger partial charge in [-0.25, -0.2) is 0 Å². The topological polar surface area (TPSA) is 70.8 Å². The summed E-state index contributed by atoms with van der Waals surface area (Å²) in [6, 6.07) is 6.74. The van der Waals surface area contributed by atoms with Crippen LogP contribution in [0.25, 0.3) is 0 Å². The molecule has 1 heterocycles. The maximum Gasteiger partial charge on any atom is 0.248 e. The molecule has 1 aromatic rings. The van der Waals surface area contributed by atoms with E-state index in [0.29, 0.717) is 24.3 Å². The number of nitrogens with two attached hydrogens (primary N) is 1. The van der Waals surface area contributed by atoms with Gasteiger partial charge in [-0.2, -0.15) is 0 Å². The Kier molecular flexibility index (Phi) is 4.55. The van der Waals surface area contributed by atoms with Crippen LogP contribution in [0.15, 0.2) is 24.3 Å². The molecule has 5 nitrogen and oxygen atoms in total. The van der Waals surface area contributed by atoms with Crippen molar-refractivity contribution in [3.05, 3.63) is 29.8 Å². The van der Waals surface area contributed by atoms with Gasteiger partial charge in [-0.15, -0.1) is 0 Å². The molecule has 0 bridgehead atoms. The number of hydrogen-bond acceptors (Lipinski definition) is 4. The van der Waals surface area contributed by atoms with E-state index < -0.39 is 5.91 Å². The van der Waals surface area contributed by atoms with Crippen LogP contribution in [0.4, 0.5) is 0 Å². The van der Waals surface area contributed by atoms with E-state index in [1.54, 1.807) is 24.3 Å². The number of rotatable bonds is 5. The quantitative estimate of drug-likeness (QED) is 0.856. The lowest BCUT2D eigenvalue weighted by Crippen LogP contribution is -2.26. The second-order valence-electron chi connectivity index (χ2n) is 4.05. The first-order valence-electron chi connectivity index (χ1n) is 6.01. The Labute approximate surface area is 106 Å². The summed E-state index contributed by atoms with van der Waals surface area (Å²) < 4.78 is 16.3. The Balaban J connectivity index is 1.74. The maximum absolute atomic E-state index is 10.9. The van der Waals surface area contributed by atoms with Crippen molar-refractivity contribution >= 4 is 5.91 Å². The minimum atomic E-state index is -0.439. The Morgan fingerprint density at radius 2 is 1.94 bits per heavy atom. The van der Waals surface area contributed by atoms with E-state index >= 15 is 0 Å². The highest BCUT2D eigenvalue weighted by atomic mass is 16.7. The first kappa shape index (κ1) is 12.9. The predicted octanol–water partition coefficient (Wildman–Crippen LogP) is 1.32. The van der Waals surface area contributed by atoms with Gasteiger partial charge < -0.3 is 19.9 Å². The summed E-state index contributed by atoms with van der Waals surface area (Å²) >= 11 is 0. The molecule has 0 spiro atoms. The smallest absolute Gasteiger partial charge is 0.248 e. The molecule has 0 atom stereocenters. The molecule has 1 aromatic carbocycles. The normalized spacial score (nSPS) is 16.4. The summed E-state index contributed by atoms with van der Waals surface area (Å²) in [5, 5.41) is 0. The van der Waals surface area contributed by atoms with Gasteiger partial charge in [0.2, 0.25) is 5.91 Å². The molecular formula is C13H17NO4. The number of carbonyl (C=O) groups excluding carboxylic acids is 1. The zero-order valence-corrected chi connectivity index (χ0v) is 10.1. The van der Waals surface area contributed by atoms with E-state index in [1.807, 2.05) is 0 Å². The van der Waals surface area contributed by atoms with Gasteiger partial charge in [0.1, 0.15) is 5.75 Å². The molecule has 5 heteroatoms. The van der Waals surface area contributed by atoms with E-state index in [9.17, 15) is 4.79 Å². The molecule has 2 rings (SSSR count). The summed E-state index contributed by atoms with van der Waals surface area (Å²) in [5.41, 5.74) is 5.62. The van der Waals surface area contributed by atoms with Crippen molar-refractivity contribution in [3.8, 4) is 5.75 Å². The van der Waals surface area contributed by atoms with Crippen LogP contribution in [-0.2, 0) is 9.47 Å². The largest absolute Gasteiger partial charge is 0.493 e. The van der Waals surface area contributed by atoms with Crippen molar-refractivity contribution in [1.82, 2.24) is 0 Å². The number of ether oxygens (including phenoxy) is 3. The first-order valence-corrected chi connectivity index (χ1v) is 6.01. The summed E-state index contributed by atoms with van der Waals surface area (Å²) in [6.07, 6.45) is 1.48. The second kappa shape index (κ2) is 6.37. The van der Waals surface area contributed by atoms with Gasteiger partial charge in [-0.3, -0.25) is 4.79 Å². The lowest BCUT2D eigenvalue weighted by atomic mass is 10.2. The molecule has 1 amide bonds. The number of carbonyl (C=O) groups is 1. The van der Waals surface area contributed by atoms with Gasteiger partial charge in [0.05, 0.1) is 19.8 Å². The van der Waals surface area contributed by atoms with E-state index in [2.05, 4.69) is 0 Å². The van der Waals surface area contributed by atoms with Gasteiger partial charge in [0, 0.05) is 12.0 Å². The standard InChI is InChI=1S/C13H17NO4/c14-13(15)10-2-4-11(5-3-10)16-9-6-12-17-7-1-8-18-12/h2-5,12H,1,6-9H2,(H2,14,15). The highest BCUT2D eigenvalue weighted by Crippen LogP contribution is 2.14. The molecule has 2 N–H and O–H groups in total. The molecule has 1 aliphatic heterocycles. The molecule has 0 aliphatic carbocycles. The third kappa shape index (κ3) is 3.72. The SMILES string of the molecule is NC(=O)c1ccc(OCCC2OCCCO2)cc1. The van der Waals surface area contributed by atoms with Gasteiger partial charge in [0.15, 0.2) is 6.29 Å². The molecule has 0 saturated carbocycles. The molecule has 18 heavy (non-hydrogen) atoms. The highest BCUT2D eigenvalue weighted by Gasteiger charge is 2.13. The van der Waals surface area contributed by atoms with Crippen molar-refractivity contribution < 1.29 is 19.0 Å². The minimum absolute atomic E-state index is 0.163. The average Bonchev–Trinajstić information content (AvgIpc) is 2.40. The Bertz CT molecular complexity index is 384. The van der Waals surface area contributed by atoms with Crippen LogP contribution in [0.1, 0.15) is 23.2 Å². The Morgan fingerprint density at radius 3 is 2.56 bits per heavy atom. The first-order chi connectivity index (χ1) is 8.75. The van der Waals surface area contributed by atoms with Gasteiger partial charge >= 0.3 is 0 Å². The predicted molar refractivity (Wildman–Crippen MR) is 65.4 cm³/mol. The van der Waals surface area contributed by atoms with Gasteiger partial charge in [0.25, 0.3) is 0 Å². The third-order valence-electron chi connectivity index (χ3n) is 2.66. The highest BCUT2D eigenvalue weighted by molar-refractivity contribution is 5.92. The molecule has 1 aliphatic rings. The molecule has 0 aromatic heterocycles. The summed E-state index contributed by atoms with van der Waals surface area (Å²) in [7, 11) is 0. The molecule has 0 unspecified atom stereocenters. The van der Waals surface area contributed by atoms with Gasteiger partial charge in [-0.1, -0.05) is 0 Å². The van der Waals surface area contributed by atoms with Crippen molar-refractivity contribution in [3.63, 3.8) is 0 Å². The van der Waals surface area contributed by atoms with Crippen LogP contribution in [-0.4, -0.2) is 32.0 Å². The number of hydrogen-bond donors (Lipinski definition) is 1. The summed E-state index contributed by atoms with van der Waals surface area (Å²) in [6.45, 7) is 2.01. The molecule has 1 fully saturated rings. The van der Waals surface area contributed by atoms with Crippen LogP contribution >= 0.6 is 0 Å². The molecule has 1 saturated heterocycles. The van der Waals surface area contributed by atoms with Gasteiger partial charge in [-0.05, 0) is 30.7 Å². The van der Waals surface area contributed by atoms with Crippen molar-refractivity contribution in [2.24, 2.45) is 5.73 Å². The van der Waals surface area contributed by atoms with Crippen LogP contribution in [0.3, 0.4) is 0 Å². The number of amides is 1. The fourth-order valence-electron chi connectivity index (χ4n) is 1.69. The lowest BCUT2D eigenvalue weighted by Gasteiger charge is -2.23.